The van der Waals surface area contributed by atoms with Gasteiger partial charge in [-0.3, -0.25) is 0 Å². The second-order valence-electron chi connectivity index (χ2n) is 2.98. The molecule has 2 heterocycles. The van der Waals surface area contributed by atoms with Gasteiger partial charge in [0.1, 0.15) is 5.82 Å². The minimum absolute atomic E-state index is 0.101. The van der Waals surface area contributed by atoms with Crippen LogP contribution in [0.25, 0.3) is 0 Å². The Hall–Kier alpha value is -1.00. The van der Waals surface area contributed by atoms with Gasteiger partial charge in [0, 0.05) is 11.8 Å². The molecule has 0 radical (unpaired) electrons. The van der Waals surface area contributed by atoms with Crippen molar-refractivity contribution in [1.29, 1.82) is 0 Å². The number of hydrogen-bond acceptors (Lipinski definition) is 4. The second kappa shape index (κ2) is 2.80. The maximum atomic E-state index is 5.64. The summed E-state index contributed by atoms with van der Waals surface area (Å²) in [5, 5.41) is 0. The Morgan fingerprint density at radius 2 is 2.42 bits per heavy atom. The third-order valence-electron chi connectivity index (χ3n) is 1.88. The fourth-order valence-corrected chi connectivity index (χ4v) is 1.18. The van der Waals surface area contributed by atoms with Crippen molar-refractivity contribution >= 4 is 0 Å². The molecular weight excluding hydrogens is 154 g/mol. The molecule has 0 aliphatic carbocycles. The summed E-state index contributed by atoms with van der Waals surface area (Å²) >= 11 is 0. The molecule has 0 amide bonds. The van der Waals surface area contributed by atoms with Crippen LogP contribution in [0.5, 0.6) is 0 Å². The predicted molar refractivity (Wildman–Crippen MR) is 43.1 cm³/mol. The van der Waals surface area contributed by atoms with E-state index < -0.39 is 0 Å². The fraction of sp³-hybridized carbons (Fsp3) is 0.500. The molecule has 4 heteroatoms. The van der Waals surface area contributed by atoms with Crippen molar-refractivity contribution in [2.75, 3.05) is 0 Å². The third-order valence-corrected chi connectivity index (χ3v) is 1.88. The Labute approximate surface area is 70.8 Å². The minimum Gasteiger partial charge on any atom is -0.370 e. The van der Waals surface area contributed by atoms with Crippen LogP contribution in [0, 0.1) is 0 Å². The van der Waals surface area contributed by atoms with Crippen LogP contribution in [0.15, 0.2) is 6.20 Å². The smallest absolute Gasteiger partial charge is 0.145 e. The zero-order valence-corrected chi connectivity index (χ0v) is 6.95. The van der Waals surface area contributed by atoms with Crippen LogP contribution in [-0.4, -0.2) is 9.97 Å². The molecular formula is C8H11N3O. The molecule has 1 aromatic rings. The topological polar surface area (TPSA) is 61.0 Å². The molecule has 4 nitrogen and oxygen atoms in total. The standard InChI is InChI=1S/C8H11N3O/c1-5(9)8-10-2-6-3-12-4-7(6)11-8/h2,5H,3-4,9H2,1H3. The Balaban J connectivity index is 2.39. The molecule has 0 saturated carbocycles. The van der Waals surface area contributed by atoms with Crippen molar-refractivity contribution in [2.24, 2.45) is 5.73 Å². The number of nitrogens with two attached hydrogens (primary N) is 1. The maximum Gasteiger partial charge on any atom is 0.145 e. The molecule has 2 rings (SSSR count). The number of nitrogens with zero attached hydrogens (tertiary/aromatic N) is 2. The van der Waals surface area contributed by atoms with Gasteiger partial charge in [-0.15, -0.1) is 0 Å². The lowest BCUT2D eigenvalue weighted by molar-refractivity contribution is 0.133. The van der Waals surface area contributed by atoms with E-state index in [4.69, 9.17) is 10.5 Å². The summed E-state index contributed by atoms with van der Waals surface area (Å²) in [6, 6.07) is -0.101. The molecule has 1 aliphatic rings. The first-order valence-corrected chi connectivity index (χ1v) is 3.95. The summed E-state index contributed by atoms with van der Waals surface area (Å²) < 4.78 is 5.21. The number of hydrogen-bond donors (Lipinski definition) is 1. The van der Waals surface area contributed by atoms with Crippen LogP contribution in [-0.2, 0) is 18.0 Å². The summed E-state index contributed by atoms with van der Waals surface area (Å²) in [4.78, 5) is 8.43. The lowest BCUT2D eigenvalue weighted by atomic mass is 10.2. The van der Waals surface area contributed by atoms with Gasteiger partial charge in [-0.1, -0.05) is 0 Å². The van der Waals surface area contributed by atoms with E-state index in [0.29, 0.717) is 19.0 Å². The van der Waals surface area contributed by atoms with E-state index in [-0.39, 0.29) is 6.04 Å². The molecule has 1 aromatic heterocycles. The largest absolute Gasteiger partial charge is 0.370 e. The summed E-state index contributed by atoms with van der Waals surface area (Å²) in [5.74, 6) is 0.694. The molecule has 0 spiro atoms. The molecule has 0 aromatic carbocycles. The fourth-order valence-electron chi connectivity index (χ4n) is 1.18. The molecule has 1 atom stereocenters. The molecule has 0 fully saturated rings. The van der Waals surface area contributed by atoms with E-state index in [0.717, 1.165) is 11.3 Å². The number of rotatable bonds is 1. The second-order valence-corrected chi connectivity index (χ2v) is 2.98. The highest BCUT2D eigenvalue weighted by atomic mass is 16.5. The summed E-state index contributed by atoms with van der Waals surface area (Å²) in [6.07, 6.45) is 1.80. The van der Waals surface area contributed by atoms with Gasteiger partial charge in [0.2, 0.25) is 0 Å². The first-order valence-electron chi connectivity index (χ1n) is 3.95. The number of ether oxygens (including phenoxy) is 1. The third kappa shape index (κ3) is 1.19. The zero-order chi connectivity index (χ0) is 8.55. The van der Waals surface area contributed by atoms with Gasteiger partial charge < -0.3 is 10.5 Å². The molecule has 64 valence electrons. The average molecular weight is 165 g/mol. The maximum absolute atomic E-state index is 5.64. The van der Waals surface area contributed by atoms with Crippen LogP contribution in [0.1, 0.15) is 30.0 Å². The summed E-state index contributed by atoms with van der Waals surface area (Å²) in [7, 11) is 0. The van der Waals surface area contributed by atoms with Crippen LogP contribution in [0.4, 0.5) is 0 Å². The van der Waals surface area contributed by atoms with Gasteiger partial charge in [-0.25, -0.2) is 9.97 Å². The normalized spacial score (nSPS) is 17.5. The van der Waals surface area contributed by atoms with Gasteiger partial charge >= 0.3 is 0 Å². The zero-order valence-electron chi connectivity index (χ0n) is 6.95. The van der Waals surface area contributed by atoms with Crippen LogP contribution < -0.4 is 5.73 Å². The minimum atomic E-state index is -0.101. The highest BCUT2D eigenvalue weighted by Crippen LogP contribution is 2.17. The van der Waals surface area contributed by atoms with Crippen molar-refractivity contribution in [3.63, 3.8) is 0 Å². The van der Waals surface area contributed by atoms with Crippen molar-refractivity contribution in [2.45, 2.75) is 26.2 Å². The molecule has 1 aliphatic heterocycles. The molecule has 0 bridgehead atoms. The SMILES string of the molecule is CC(N)c1ncc2c(n1)COC2. The lowest BCUT2D eigenvalue weighted by Crippen LogP contribution is -2.11. The summed E-state index contributed by atoms with van der Waals surface area (Å²) in [6.45, 7) is 3.10. The molecule has 1 unspecified atom stereocenters. The van der Waals surface area contributed by atoms with Crippen molar-refractivity contribution in [3.8, 4) is 0 Å². The van der Waals surface area contributed by atoms with Gasteiger partial charge in [0.05, 0.1) is 24.9 Å². The van der Waals surface area contributed by atoms with Gasteiger partial charge in [0.15, 0.2) is 0 Å². The van der Waals surface area contributed by atoms with E-state index in [2.05, 4.69) is 9.97 Å². The van der Waals surface area contributed by atoms with E-state index in [1.807, 2.05) is 6.92 Å². The van der Waals surface area contributed by atoms with Gasteiger partial charge in [0.25, 0.3) is 0 Å². The lowest BCUT2D eigenvalue weighted by Gasteiger charge is -2.03. The first-order chi connectivity index (χ1) is 5.77. The van der Waals surface area contributed by atoms with E-state index in [1.165, 1.54) is 0 Å². The summed E-state index contributed by atoms with van der Waals surface area (Å²) in [5.41, 5.74) is 7.71. The van der Waals surface area contributed by atoms with E-state index >= 15 is 0 Å². The van der Waals surface area contributed by atoms with Crippen LogP contribution in [0.3, 0.4) is 0 Å². The average Bonchev–Trinajstić information content (AvgIpc) is 2.49. The van der Waals surface area contributed by atoms with Gasteiger partial charge in [-0.2, -0.15) is 0 Å². The highest BCUT2D eigenvalue weighted by molar-refractivity contribution is 5.19. The van der Waals surface area contributed by atoms with Crippen LogP contribution in [0.2, 0.25) is 0 Å². The Bertz CT molecular complexity index is 298. The first kappa shape index (κ1) is 7.64. The highest BCUT2D eigenvalue weighted by Gasteiger charge is 2.14. The monoisotopic (exact) mass is 165 g/mol. The molecule has 0 saturated heterocycles. The number of aromatic nitrogens is 2. The van der Waals surface area contributed by atoms with Gasteiger partial charge in [-0.05, 0) is 6.92 Å². The Morgan fingerprint density at radius 1 is 1.58 bits per heavy atom. The van der Waals surface area contributed by atoms with Crippen molar-refractivity contribution in [3.05, 3.63) is 23.3 Å². The Kier molecular flexibility index (Phi) is 1.78. The molecule has 2 N–H and O–H groups in total. The quantitative estimate of drug-likeness (QED) is 0.659. The number of fused-ring (bicyclic) bond motifs is 1. The predicted octanol–water partition coefficient (Wildman–Crippen LogP) is 0.527. The van der Waals surface area contributed by atoms with Crippen LogP contribution >= 0.6 is 0 Å². The Morgan fingerprint density at radius 3 is 3.17 bits per heavy atom. The van der Waals surface area contributed by atoms with E-state index in [9.17, 15) is 0 Å². The molecule has 12 heavy (non-hydrogen) atoms. The van der Waals surface area contributed by atoms with E-state index in [1.54, 1.807) is 6.20 Å². The van der Waals surface area contributed by atoms with Crippen molar-refractivity contribution < 1.29 is 4.74 Å². The van der Waals surface area contributed by atoms with Crippen molar-refractivity contribution in [1.82, 2.24) is 9.97 Å².